The lowest BCUT2D eigenvalue weighted by Crippen LogP contribution is -1.97. The van der Waals surface area contributed by atoms with E-state index in [0.717, 1.165) is 3.70 Å². The summed E-state index contributed by atoms with van der Waals surface area (Å²) in [5.74, 6) is 0. The molecule has 0 unspecified atom stereocenters. The molecule has 14 heavy (non-hydrogen) atoms. The van der Waals surface area contributed by atoms with E-state index in [9.17, 15) is 0 Å². The topological polar surface area (TPSA) is 17.8 Å². The van der Waals surface area contributed by atoms with Crippen molar-refractivity contribution in [3.63, 3.8) is 0 Å². The van der Waals surface area contributed by atoms with Crippen LogP contribution in [0, 0.1) is 10.6 Å². The number of benzene rings is 1. The molecule has 1 aliphatic carbocycles. The molecule has 0 saturated heterocycles. The van der Waals surface area contributed by atoms with E-state index < -0.39 is 0 Å². The third-order valence-electron chi connectivity index (χ3n) is 2.78. The van der Waals surface area contributed by atoms with Crippen LogP contribution >= 0.6 is 22.6 Å². The molecule has 2 aromatic rings. The first-order valence-corrected chi connectivity index (χ1v) is 5.98. The molecular formula is C11H11IN2. The number of para-hydroxylation sites is 1. The van der Waals surface area contributed by atoms with Gasteiger partial charge in [0.25, 0.3) is 0 Å². The Labute approximate surface area is 96.4 Å². The quantitative estimate of drug-likeness (QED) is 0.739. The highest BCUT2D eigenvalue weighted by Gasteiger charge is 2.27. The number of fused-ring (bicyclic) bond motifs is 1. The molecule has 1 fully saturated rings. The van der Waals surface area contributed by atoms with Crippen LogP contribution in [0.1, 0.15) is 24.4 Å². The first kappa shape index (κ1) is 8.71. The Bertz CT molecular complexity index is 497. The van der Waals surface area contributed by atoms with Gasteiger partial charge in [0, 0.05) is 5.39 Å². The van der Waals surface area contributed by atoms with Crippen LogP contribution in [0.15, 0.2) is 18.2 Å². The molecule has 2 nitrogen and oxygen atoms in total. The summed E-state index contributed by atoms with van der Waals surface area (Å²) in [6, 6.07) is 7.11. The van der Waals surface area contributed by atoms with Crippen molar-refractivity contribution in [3.05, 3.63) is 27.5 Å². The van der Waals surface area contributed by atoms with Crippen LogP contribution in [0.2, 0.25) is 0 Å². The highest BCUT2D eigenvalue weighted by molar-refractivity contribution is 14.1. The minimum absolute atomic E-state index is 0.669. The molecule has 0 N–H and O–H groups in total. The largest absolute Gasteiger partial charge is 0.260 e. The van der Waals surface area contributed by atoms with E-state index in [4.69, 9.17) is 0 Å². The van der Waals surface area contributed by atoms with Crippen LogP contribution in [0.4, 0.5) is 0 Å². The highest BCUT2D eigenvalue weighted by atomic mass is 127. The minimum Gasteiger partial charge on any atom is -0.260 e. The van der Waals surface area contributed by atoms with Crippen LogP contribution in [0.5, 0.6) is 0 Å². The van der Waals surface area contributed by atoms with Gasteiger partial charge in [0.15, 0.2) is 0 Å². The lowest BCUT2D eigenvalue weighted by Gasteiger charge is -2.02. The van der Waals surface area contributed by atoms with Crippen molar-refractivity contribution in [1.82, 2.24) is 9.78 Å². The van der Waals surface area contributed by atoms with Crippen molar-refractivity contribution in [3.8, 4) is 0 Å². The summed E-state index contributed by atoms with van der Waals surface area (Å²) >= 11 is 2.32. The summed E-state index contributed by atoms with van der Waals surface area (Å²) in [5, 5.41) is 5.92. The third kappa shape index (κ3) is 1.18. The number of aryl methyl sites for hydroxylation is 1. The van der Waals surface area contributed by atoms with E-state index in [1.807, 2.05) is 0 Å². The second-order valence-electron chi connectivity index (χ2n) is 3.94. The van der Waals surface area contributed by atoms with Crippen molar-refractivity contribution in [1.29, 1.82) is 0 Å². The highest BCUT2D eigenvalue weighted by Crippen LogP contribution is 2.38. The molecule has 3 heteroatoms. The molecule has 0 radical (unpaired) electrons. The van der Waals surface area contributed by atoms with Crippen LogP contribution in [0.3, 0.4) is 0 Å². The van der Waals surface area contributed by atoms with Crippen molar-refractivity contribution >= 4 is 33.5 Å². The summed E-state index contributed by atoms with van der Waals surface area (Å²) in [7, 11) is 0. The van der Waals surface area contributed by atoms with Gasteiger partial charge in [0.1, 0.15) is 3.70 Å². The Morgan fingerprint density at radius 3 is 2.93 bits per heavy atom. The fraction of sp³-hybridized carbons (Fsp3) is 0.364. The fourth-order valence-corrected chi connectivity index (χ4v) is 2.58. The second kappa shape index (κ2) is 2.95. The molecular weight excluding hydrogens is 287 g/mol. The van der Waals surface area contributed by atoms with Crippen molar-refractivity contribution in [2.24, 2.45) is 0 Å². The maximum Gasteiger partial charge on any atom is 0.131 e. The first-order valence-electron chi connectivity index (χ1n) is 4.90. The lowest BCUT2D eigenvalue weighted by atomic mass is 10.2. The van der Waals surface area contributed by atoms with E-state index in [-0.39, 0.29) is 0 Å². The van der Waals surface area contributed by atoms with Gasteiger partial charge >= 0.3 is 0 Å². The number of nitrogens with zero attached hydrogens (tertiary/aromatic N) is 2. The SMILES string of the molecule is Cc1cccc2c(I)nn(C3CC3)c12. The molecule has 1 heterocycles. The average Bonchev–Trinajstić information content (AvgIpc) is 2.94. The molecule has 0 atom stereocenters. The van der Waals surface area contributed by atoms with Gasteiger partial charge in [-0.2, -0.15) is 5.10 Å². The standard InChI is InChI=1S/C11H11IN2/c1-7-3-2-4-9-10(7)14(8-5-6-8)13-11(9)12/h2-4,8H,5-6H2,1H3. The zero-order chi connectivity index (χ0) is 9.71. The Kier molecular flexibility index (Phi) is 1.84. The first-order chi connectivity index (χ1) is 6.77. The summed E-state index contributed by atoms with van der Waals surface area (Å²) < 4.78 is 3.35. The molecule has 1 aromatic carbocycles. The molecule has 0 spiro atoms. The normalized spacial score (nSPS) is 16.4. The van der Waals surface area contributed by atoms with Crippen LogP contribution in [-0.4, -0.2) is 9.78 Å². The number of aromatic nitrogens is 2. The Balaban J connectivity index is 2.39. The van der Waals surface area contributed by atoms with Crippen molar-refractivity contribution in [2.45, 2.75) is 25.8 Å². The van der Waals surface area contributed by atoms with Gasteiger partial charge in [-0.15, -0.1) is 0 Å². The maximum atomic E-state index is 4.62. The van der Waals surface area contributed by atoms with Crippen LogP contribution in [-0.2, 0) is 0 Å². The molecule has 1 saturated carbocycles. The van der Waals surface area contributed by atoms with Crippen LogP contribution < -0.4 is 0 Å². The van der Waals surface area contributed by atoms with E-state index in [1.54, 1.807) is 0 Å². The Morgan fingerprint density at radius 2 is 2.21 bits per heavy atom. The number of halogens is 1. The van der Waals surface area contributed by atoms with Gasteiger partial charge in [-0.25, -0.2) is 0 Å². The number of hydrogen-bond acceptors (Lipinski definition) is 1. The van der Waals surface area contributed by atoms with Gasteiger partial charge in [0.05, 0.1) is 11.6 Å². The fourth-order valence-electron chi connectivity index (χ4n) is 1.91. The molecule has 0 bridgehead atoms. The van der Waals surface area contributed by atoms with Gasteiger partial charge in [-0.3, -0.25) is 4.68 Å². The Hall–Kier alpha value is -0.580. The van der Waals surface area contributed by atoms with Gasteiger partial charge in [0.2, 0.25) is 0 Å². The third-order valence-corrected chi connectivity index (χ3v) is 3.57. The van der Waals surface area contributed by atoms with Gasteiger partial charge < -0.3 is 0 Å². The smallest absolute Gasteiger partial charge is 0.131 e. The monoisotopic (exact) mass is 298 g/mol. The molecule has 72 valence electrons. The average molecular weight is 298 g/mol. The molecule has 0 amide bonds. The summed E-state index contributed by atoms with van der Waals surface area (Å²) in [4.78, 5) is 0. The zero-order valence-electron chi connectivity index (χ0n) is 8.00. The predicted molar refractivity (Wildman–Crippen MR) is 65.5 cm³/mol. The molecule has 3 rings (SSSR count). The number of rotatable bonds is 1. The summed E-state index contributed by atoms with van der Waals surface area (Å²) in [6.07, 6.45) is 2.59. The zero-order valence-corrected chi connectivity index (χ0v) is 10.2. The second-order valence-corrected chi connectivity index (χ2v) is 4.96. The molecule has 1 aliphatic rings. The molecule has 0 aliphatic heterocycles. The van der Waals surface area contributed by atoms with Crippen molar-refractivity contribution < 1.29 is 0 Å². The lowest BCUT2D eigenvalue weighted by molar-refractivity contribution is 0.658. The Morgan fingerprint density at radius 1 is 1.43 bits per heavy atom. The van der Waals surface area contributed by atoms with Gasteiger partial charge in [-0.1, -0.05) is 18.2 Å². The summed E-state index contributed by atoms with van der Waals surface area (Å²) in [5.41, 5.74) is 2.67. The predicted octanol–water partition coefficient (Wildman–Crippen LogP) is 3.28. The maximum absolute atomic E-state index is 4.62. The van der Waals surface area contributed by atoms with Crippen molar-refractivity contribution in [2.75, 3.05) is 0 Å². The van der Waals surface area contributed by atoms with Gasteiger partial charge in [-0.05, 0) is 47.9 Å². The van der Waals surface area contributed by atoms with E-state index in [2.05, 4.69) is 57.5 Å². The van der Waals surface area contributed by atoms with E-state index in [1.165, 1.54) is 29.3 Å². The van der Waals surface area contributed by atoms with E-state index in [0.29, 0.717) is 6.04 Å². The number of hydrogen-bond donors (Lipinski definition) is 0. The summed E-state index contributed by atoms with van der Waals surface area (Å²) in [6.45, 7) is 2.17. The van der Waals surface area contributed by atoms with E-state index >= 15 is 0 Å². The van der Waals surface area contributed by atoms with Crippen LogP contribution in [0.25, 0.3) is 10.9 Å². The minimum atomic E-state index is 0.669. The molecule has 1 aromatic heterocycles.